The molecular weight excluding hydrogens is 393 g/mol. The summed E-state index contributed by atoms with van der Waals surface area (Å²) in [6.45, 7) is 4.34. The van der Waals surface area contributed by atoms with Gasteiger partial charge in [0.15, 0.2) is 0 Å². The van der Waals surface area contributed by atoms with Gasteiger partial charge in [-0.3, -0.25) is 9.48 Å². The summed E-state index contributed by atoms with van der Waals surface area (Å²) in [4.78, 5) is 12.8. The van der Waals surface area contributed by atoms with E-state index in [1.54, 1.807) is 23.0 Å². The van der Waals surface area contributed by atoms with Crippen LogP contribution in [0.2, 0.25) is 0 Å². The van der Waals surface area contributed by atoms with Crippen LogP contribution >= 0.6 is 0 Å². The van der Waals surface area contributed by atoms with E-state index in [9.17, 15) is 18.0 Å². The molecule has 30 heavy (non-hydrogen) atoms. The van der Waals surface area contributed by atoms with E-state index in [1.807, 2.05) is 0 Å². The van der Waals surface area contributed by atoms with Gasteiger partial charge in [0.1, 0.15) is 17.5 Å². The zero-order valence-electron chi connectivity index (χ0n) is 16.1. The molecule has 0 fully saturated rings. The minimum absolute atomic E-state index is 0.329. The predicted octanol–water partition coefficient (Wildman–Crippen LogP) is 4.75. The molecule has 0 aliphatic carbocycles. The van der Waals surface area contributed by atoms with Crippen molar-refractivity contribution in [3.8, 4) is 0 Å². The van der Waals surface area contributed by atoms with Crippen LogP contribution in [-0.2, 0) is 11.3 Å². The maximum absolute atomic E-state index is 13.8. The second-order valence-corrected chi connectivity index (χ2v) is 7.15. The van der Waals surface area contributed by atoms with Crippen LogP contribution in [0.4, 0.5) is 13.2 Å². The highest BCUT2D eigenvalue weighted by Crippen LogP contribution is 2.31. The molecule has 4 rings (SSSR count). The van der Waals surface area contributed by atoms with Gasteiger partial charge in [-0.1, -0.05) is 12.6 Å². The van der Waals surface area contributed by atoms with Crippen molar-refractivity contribution in [2.75, 3.05) is 0 Å². The number of aryl methyl sites for hydroxylation is 1. The summed E-state index contributed by atoms with van der Waals surface area (Å²) in [5.41, 5.74) is 1.36. The Balaban J connectivity index is 1.40. The Bertz CT molecular complexity index is 1130. The predicted molar refractivity (Wildman–Crippen MR) is 107 cm³/mol. The molecular formula is C22H19F3N4O. The van der Waals surface area contributed by atoms with E-state index in [0.717, 1.165) is 6.07 Å². The van der Waals surface area contributed by atoms with E-state index in [1.165, 1.54) is 29.4 Å². The van der Waals surface area contributed by atoms with Crippen LogP contribution in [0.15, 0.2) is 59.8 Å². The maximum atomic E-state index is 13.8. The average molecular weight is 412 g/mol. The molecule has 1 aliphatic heterocycles. The van der Waals surface area contributed by atoms with Gasteiger partial charge in [-0.15, -0.1) is 0 Å². The van der Waals surface area contributed by atoms with Crippen molar-refractivity contribution in [3.05, 3.63) is 77.8 Å². The van der Waals surface area contributed by atoms with Crippen molar-refractivity contribution < 1.29 is 18.0 Å². The van der Waals surface area contributed by atoms with E-state index in [4.69, 9.17) is 0 Å². The van der Waals surface area contributed by atoms with Crippen molar-refractivity contribution in [1.29, 1.82) is 0 Å². The first-order valence-electron chi connectivity index (χ1n) is 9.54. The minimum Gasteiger partial charge on any atom is -0.268 e. The van der Waals surface area contributed by atoms with Gasteiger partial charge in [-0.25, -0.2) is 18.2 Å². The third-order valence-corrected chi connectivity index (χ3v) is 5.09. The van der Waals surface area contributed by atoms with Crippen molar-refractivity contribution in [1.82, 2.24) is 14.8 Å². The number of carbonyl (C=O) groups is 1. The average Bonchev–Trinajstić information content (AvgIpc) is 3.35. The number of hydrogen-bond acceptors (Lipinski definition) is 3. The van der Waals surface area contributed by atoms with Crippen LogP contribution in [0.5, 0.6) is 0 Å². The molecule has 5 nitrogen and oxygen atoms in total. The second kappa shape index (κ2) is 8.14. The number of benzene rings is 2. The molecule has 2 heterocycles. The molecule has 1 aliphatic rings. The SMILES string of the molecule is C=C(CCCn1ncc2c(F)cccc21)C(=O)N1N=CCC1c1cc(F)cc(F)c1. The number of hydrogen-bond donors (Lipinski definition) is 0. The first-order valence-corrected chi connectivity index (χ1v) is 9.54. The van der Waals surface area contributed by atoms with Crippen LogP contribution in [-0.4, -0.2) is 26.9 Å². The summed E-state index contributed by atoms with van der Waals surface area (Å²) < 4.78 is 42.6. The fourth-order valence-corrected chi connectivity index (χ4v) is 3.61. The topological polar surface area (TPSA) is 50.5 Å². The number of halogens is 3. The van der Waals surface area contributed by atoms with Crippen molar-refractivity contribution in [3.63, 3.8) is 0 Å². The summed E-state index contributed by atoms with van der Waals surface area (Å²) in [7, 11) is 0. The standard InChI is InChI=1S/C22H19F3N4O/c1-14(4-3-9-28-21-6-2-5-19(25)18(21)13-27-28)22(30)29-20(7-8-26-29)15-10-16(23)12-17(24)11-15/h2,5-6,8,10-13,20H,1,3-4,7,9H2. The zero-order chi connectivity index (χ0) is 21.3. The molecule has 2 aromatic carbocycles. The van der Waals surface area contributed by atoms with Gasteiger partial charge in [-0.05, 0) is 42.7 Å². The zero-order valence-corrected chi connectivity index (χ0v) is 16.1. The molecule has 3 aromatic rings. The summed E-state index contributed by atoms with van der Waals surface area (Å²) in [6, 6.07) is 7.41. The lowest BCUT2D eigenvalue weighted by atomic mass is 10.0. The molecule has 1 aromatic heterocycles. The number of rotatable bonds is 6. The normalized spacial score (nSPS) is 15.8. The van der Waals surface area contributed by atoms with Crippen LogP contribution in [0.25, 0.3) is 10.9 Å². The summed E-state index contributed by atoms with van der Waals surface area (Å²) in [5.74, 6) is -2.13. The molecule has 1 unspecified atom stereocenters. The summed E-state index contributed by atoms with van der Waals surface area (Å²) in [5, 5.41) is 9.94. The number of amides is 1. The molecule has 8 heteroatoms. The third-order valence-electron chi connectivity index (χ3n) is 5.09. The van der Waals surface area contributed by atoms with Gasteiger partial charge in [0.25, 0.3) is 5.91 Å². The van der Waals surface area contributed by atoms with Crippen molar-refractivity contribution >= 4 is 23.0 Å². The molecule has 0 radical (unpaired) electrons. The number of hydrazone groups is 1. The van der Waals surface area contributed by atoms with Gasteiger partial charge in [-0.2, -0.15) is 10.2 Å². The molecule has 0 saturated carbocycles. The molecule has 0 saturated heterocycles. The molecule has 1 atom stereocenters. The summed E-state index contributed by atoms with van der Waals surface area (Å²) in [6.07, 6.45) is 4.34. The Labute approximate surface area is 171 Å². The minimum atomic E-state index is -0.703. The molecule has 154 valence electrons. The number of fused-ring (bicyclic) bond motifs is 1. The molecule has 1 amide bonds. The Morgan fingerprint density at radius 1 is 1.17 bits per heavy atom. The highest BCUT2D eigenvalue weighted by Gasteiger charge is 2.30. The Morgan fingerprint density at radius 3 is 2.70 bits per heavy atom. The number of aromatic nitrogens is 2. The highest BCUT2D eigenvalue weighted by atomic mass is 19.1. The second-order valence-electron chi connectivity index (χ2n) is 7.15. The number of nitrogens with zero attached hydrogens (tertiary/aromatic N) is 4. The quantitative estimate of drug-likeness (QED) is 0.549. The van der Waals surface area contributed by atoms with Crippen molar-refractivity contribution in [2.24, 2.45) is 5.10 Å². The lowest BCUT2D eigenvalue weighted by molar-refractivity contribution is -0.129. The smallest absolute Gasteiger partial charge is 0.268 e. The van der Waals surface area contributed by atoms with E-state index < -0.39 is 23.6 Å². The molecule has 0 bridgehead atoms. The monoisotopic (exact) mass is 412 g/mol. The van der Waals surface area contributed by atoms with Crippen LogP contribution < -0.4 is 0 Å². The van der Waals surface area contributed by atoms with Crippen LogP contribution in [0.1, 0.15) is 30.9 Å². The molecule has 0 N–H and O–H groups in total. The van der Waals surface area contributed by atoms with E-state index in [0.29, 0.717) is 47.8 Å². The van der Waals surface area contributed by atoms with E-state index >= 15 is 0 Å². The van der Waals surface area contributed by atoms with Crippen LogP contribution in [0.3, 0.4) is 0 Å². The van der Waals surface area contributed by atoms with Gasteiger partial charge in [0.2, 0.25) is 0 Å². The largest absolute Gasteiger partial charge is 0.269 e. The fraction of sp³-hybridized carbons (Fsp3) is 0.227. The van der Waals surface area contributed by atoms with Crippen molar-refractivity contribution in [2.45, 2.75) is 31.8 Å². The lowest BCUT2D eigenvalue weighted by Gasteiger charge is -2.23. The lowest BCUT2D eigenvalue weighted by Crippen LogP contribution is -2.28. The van der Waals surface area contributed by atoms with E-state index in [-0.39, 0.29) is 5.82 Å². The first kappa shape index (κ1) is 19.9. The van der Waals surface area contributed by atoms with Gasteiger partial charge < -0.3 is 0 Å². The van der Waals surface area contributed by atoms with Gasteiger partial charge >= 0.3 is 0 Å². The Kier molecular flexibility index (Phi) is 5.39. The maximum Gasteiger partial charge on any atom is 0.269 e. The van der Waals surface area contributed by atoms with Gasteiger partial charge in [0, 0.05) is 30.8 Å². The third kappa shape index (κ3) is 3.85. The van der Waals surface area contributed by atoms with Crippen LogP contribution in [0, 0.1) is 17.5 Å². The first-order chi connectivity index (χ1) is 14.4. The number of carbonyl (C=O) groups excluding carboxylic acids is 1. The fourth-order valence-electron chi connectivity index (χ4n) is 3.61. The Morgan fingerprint density at radius 2 is 1.93 bits per heavy atom. The highest BCUT2D eigenvalue weighted by molar-refractivity contribution is 5.94. The Hall–Kier alpha value is -3.42. The van der Waals surface area contributed by atoms with E-state index in [2.05, 4.69) is 16.8 Å². The van der Waals surface area contributed by atoms with Gasteiger partial charge in [0.05, 0.1) is 23.1 Å². The summed E-state index contributed by atoms with van der Waals surface area (Å²) >= 11 is 0. The molecule has 0 spiro atoms.